The molecule has 0 aliphatic carbocycles. The molecule has 3 N–H and O–H groups in total. The lowest BCUT2D eigenvalue weighted by atomic mass is 10.1. The van der Waals surface area contributed by atoms with Gasteiger partial charge in [-0.2, -0.15) is 5.10 Å². The number of para-hydroxylation sites is 2. The van der Waals surface area contributed by atoms with Crippen LogP contribution in [0.4, 0.5) is 5.69 Å². The van der Waals surface area contributed by atoms with E-state index in [1.807, 2.05) is 18.2 Å². The summed E-state index contributed by atoms with van der Waals surface area (Å²) in [4.78, 5) is 14.9. The molecule has 1 amide bonds. The number of nitrogens with one attached hydrogen (secondary N) is 3. The topological polar surface area (TPSA) is 82.3 Å². The zero-order valence-electron chi connectivity index (χ0n) is 15.5. The van der Waals surface area contributed by atoms with E-state index in [-0.39, 0.29) is 18.3 Å². The van der Waals surface area contributed by atoms with E-state index >= 15 is 0 Å². The Labute approximate surface area is 165 Å². The third kappa shape index (κ3) is 4.04. The predicted octanol–water partition coefficient (Wildman–Crippen LogP) is 1.74. The Bertz CT molecular complexity index is 794. The predicted molar refractivity (Wildman–Crippen MR) is 107 cm³/mol. The van der Waals surface area contributed by atoms with E-state index in [4.69, 9.17) is 4.74 Å². The second-order valence-electron chi connectivity index (χ2n) is 6.94. The third-order valence-corrected chi connectivity index (χ3v) is 5.28. The van der Waals surface area contributed by atoms with Crippen molar-refractivity contribution in [3.8, 4) is 5.75 Å². The zero-order valence-corrected chi connectivity index (χ0v) is 16.3. The molecule has 2 aliphatic heterocycles. The van der Waals surface area contributed by atoms with Crippen LogP contribution in [0.15, 0.2) is 24.3 Å². The van der Waals surface area contributed by atoms with Crippen LogP contribution in [0.2, 0.25) is 0 Å². The van der Waals surface area contributed by atoms with E-state index in [2.05, 4.69) is 31.8 Å². The number of nitrogens with zero attached hydrogens (tertiary/aromatic N) is 2. The van der Waals surface area contributed by atoms with Crippen LogP contribution in [0.25, 0.3) is 0 Å². The summed E-state index contributed by atoms with van der Waals surface area (Å²) in [5.41, 5.74) is 3.75. The average Bonchev–Trinajstić information content (AvgIpc) is 3.33. The summed E-state index contributed by atoms with van der Waals surface area (Å²) < 4.78 is 5.46. The second-order valence-corrected chi connectivity index (χ2v) is 6.94. The highest BCUT2D eigenvalue weighted by molar-refractivity contribution is 5.94. The number of hydrogen-bond acceptors (Lipinski definition) is 5. The summed E-state index contributed by atoms with van der Waals surface area (Å²) in [5, 5.41) is 13.6. The molecule has 4 rings (SSSR count). The smallest absolute Gasteiger partial charge is 0.272 e. The summed E-state index contributed by atoms with van der Waals surface area (Å²) in [6.45, 7) is 4.19. The van der Waals surface area contributed by atoms with Crippen molar-refractivity contribution in [3.05, 3.63) is 41.2 Å². The quantitative estimate of drug-likeness (QED) is 0.723. The number of hydrogen-bond donors (Lipinski definition) is 3. The van der Waals surface area contributed by atoms with Crippen molar-refractivity contribution in [2.45, 2.75) is 19.4 Å². The molecule has 1 fully saturated rings. The third-order valence-electron chi connectivity index (χ3n) is 5.28. The molecule has 3 heterocycles. The molecule has 7 nitrogen and oxygen atoms in total. The lowest BCUT2D eigenvalue weighted by Crippen LogP contribution is -2.33. The van der Waals surface area contributed by atoms with Gasteiger partial charge in [0.05, 0.1) is 12.8 Å². The number of rotatable bonds is 5. The number of benzene rings is 1. The number of halogens is 1. The van der Waals surface area contributed by atoms with Crippen LogP contribution in [0.3, 0.4) is 0 Å². The number of fused-ring (bicyclic) bond motifs is 1. The van der Waals surface area contributed by atoms with Crippen LogP contribution in [0.1, 0.15) is 28.2 Å². The van der Waals surface area contributed by atoms with Crippen molar-refractivity contribution in [1.82, 2.24) is 20.8 Å². The SMILES string of the molecule is COc1ccccc1N1CCC(CNC(=O)c2n[nH]c3c2CNCC3)C1.Cl. The second kappa shape index (κ2) is 8.63. The molecule has 0 spiro atoms. The summed E-state index contributed by atoms with van der Waals surface area (Å²) >= 11 is 0. The average molecular weight is 392 g/mol. The fraction of sp³-hybridized carbons (Fsp3) is 0.474. The Morgan fingerprint density at radius 1 is 1.41 bits per heavy atom. The summed E-state index contributed by atoms with van der Waals surface area (Å²) in [6.07, 6.45) is 1.95. The van der Waals surface area contributed by atoms with Gasteiger partial charge >= 0.3 is 0 Å². The molecule has 2 aromatic rings. The highest BCUT2D eigenvalue weighted by Crippen LogP contribution is 2.31. The van der Waals surface area contributed by atoms with Crippen molar-refractivity contribution in [2.24, 2.45) is 5.92 Å². The van der Waals surface area contributed by atoms with Gasteiger partial charge in [0.15, 0.2) is 5.69 Å². The maximum atomic E-state index is 12.5. The van der Waals surface area contributed by atoms with Crippen LogP contribution in [-0.4, -0.2) is 49.4 Å². The molecule has 1 aromatic carbocycles. The number of aromatic amines is 1. The fourth-order valence-corrected chi connectivity index (χ4v) is 3.84. The number of H-pyrrole nitrogens is 1. The van der Waals surface area contributed by atoms with Gasteiger partial charge in [0.1, 0.15) is 5.75 Å². The standard InChI is InChI=1S/C19H25N5O2.ClH/c1-26-17-5-3-2-4-16(17)24-9-7-13(12-24)10-21-19(25)18-14-11-20-8-6-15(14)22-23-18;/h2-5,13,20H,6-12H2,1H3,(H,21,25)(H,22,23);1H. The van der Waals surface area contributed by atoms with E-state index in [1.54, 1.807) is 7.11 Å². The maximum Gasteiger partial charge on any atom is 0.272 e. The molecular weight excluding hydrogens is 366 g/mol. The normalized spacial score (nSPS) is 18.6. The minimum atomic E-state index is -0.0815. The summed E-state index contributed by atoms with van der Waals surface area (Å²) in [5.74, 6) is 1.24. The lowest BCUT2D eigenvalue weighted by molar-refractivity contribution is 0.0942. The van der Waals surface area contributed by atoms with Gasteiger partial charge in [-0.25, -0.2) is 0 Å². The molecule has 1 aromatic heterocycles. The fourth-order valence-electron chi connectivity index (χ4n) is 3.84. The van der Waals surface area contributed by atoms with Crippen LogP contribution < -0.4 is 20.3 Å². The number of amides is 1. The highest BCUT2D eigenvalue weighted by atomic mass is 35.5. The molecule has 1 saturated heterocycles. The first-order valence-corrected chi connectivity index (χ1v) is 9.19. The summed E-state index contributed by atoms with van der Waals surface area (Å²) in [6, 6.07) is 8.08. The molecule has 2 aliphatic rings. The molecule has 0 saturated carbocycles. The van der Waals surface area contributed by atoms with E-state index < -0.39 is 0 Å². The molecule has 8 heteroatoms. The monoisotopic (exact) mass is 391 g/mol. The summed E-state index contributed by atoms with van der Waals surface area (Å²) in [7, 11) is 1.70. The van der Waals surface area contributed by atoms with Crippen molar-refractivity contribution in [3.63, 3.8) is 0 Å². The first-order valence-electron chi connectivity index (χ1n) is 9.19. The Hall–Kier alpha value is -2.25. The van der Waals surface area contributed by atoms with Crippen molar-refractivity contribution >= 4 is 24.0 Å². The maximum absolute atomic E-state index is 12.5. The van der Waals surface area contributed by atoms with Crippen LogP contribution in [0, 0.1) is 5.92 Å². The minimum absolute atomic E-state index is 0. The van der Waals surface area contributed by atoms with Gasteiger partial charge in [-0.3, -0.25) is 9.89 Å². The molecule has 0 radical (unpaired) electrons. The van der Waals surface area contributed by atoms with E-state index in [0.717, 1.165) is 55.2 Å². The van der Waals surface area contributed by atoms with Crippen molar-refractivity contribution < 1.29 is 9.53 Å². The van der Waals surface area contributed by atoms with E-state index in [1.165, 1.54) is 0 Å². The van der Waals surface area contributed by atoms with Crippen molar-refractivity contribution in [1.29, 1.82) is 0 Å². The Kier molecular flexibility index (Phi) is 6.23. The van der Waals surface area contributed by atoms with Gasteiger partial charge in [0.2, 0.25) is 0 Å². The molecular formula is C19H26ClN5O2. The Morgan fingerprint density at radius 3 is 3.11 bits per heavy atom. The van der Waals surface area contributed by atoms with Gasteiger partial charge in [-0.15, -0.1) is 12.4 Å². The number of carbonyl (C=O) groups excluding carboxylic acids is 1. The largest absolute Gasteiger partial charge is 0.495 e. The van der Waals surface area contributed by atoms with Gasteiger partial charge in [-0.05, 0) is 24.5 Å². The number of ether oxygens (including phenoxy) is 1. The van der Waals surface area contributed by atoms with Crippen molar-refractivity contribution in [2.75, 3.05) is 38.2 Å². The Morgan fingerprint density at radius 2 is 2.26 bits per heavy atom. The highest BCUT2D eigenvalue weighted by Gasteiger charge is 2.26. The number of aromatic nitrogens is 2. The number of anilines is 1. The van der Waals surface area contributed by atoms with Gasteiger partial charge in [0.25, 0.3) is 5.91 Å². The van der Waals surface area contributed by atoms with Crippen LogP contribution >= 0.6 is 12.4 Å². The molecule has 1 unspecified atom stereocenters. The molecule has 1 atom stereocenters. The van der Waals surface area contributed by atoms with Crippen LogP contribution in [0.5, 0.6) is 5.75 Å². The molecule has 27 heavy (non-hydrogen) atoms. The van der Waals surface area contributed by atoms with Gasteiger partial charge in [-0.1, -0.05) is 12.1 Å². The Balaban J connectivity index is 0.00000210. The molecule has 146 valence electrons. The van der Waals surface area contributed by atoms with E-state index in [9.17, 15) is 4.79 Å². The molecule has 0 bridgehead atoms. The van der Waals surface area contributed by atoms with Crippen LogP contribution in [-0.2, 0) is 13.0 Å². The van der Waals surface area contributed by atoms with Gasteiger partial charge < -0.3 is 20.3 Å². The van der Waals surface area contributed by atoms with E-state index in [0.29, 0.717) is 24.7 Å². The minimum Gasteiger partial charge on any atom is -0.495 e. The number of carbonyl (C=O) groups is 1. The number of methoxy groups -OCH3 is 1. The van der Waals surface area contributed by atoms with Gasteiger partial charge in [0, 0.05) is 50.4 Å². The first-order chi connectivity index (χ1) is 12.8. The zero-order chi connectivity index (χ0) is 17.9. The lowest BCUT2D eigenvalue weighted by Gasteiger charge is -2.21. The first kappa shape index (κ1) is 19.5.